The summed E-state index contributed by atoms with van der Waals surface area (Å²) < 4.78 is 3.60. The van der Waals surface area contributed by atoms with Crippen LogP contribution in [-0.2, 0) is 20.6 Å². The summed E-state index contributed by atoms with van der Waals surface area (Å²) in [5.74, 6) is 1.74. The van der Waals surface area contributed by atoms with E-state index >= 15 is 0 Å². The van der Waals surface area contributed by atoms with E-state index in [2.05, 4.69) is 51.3 Å². The summed E-state index contributed by atoms with van der Waals surface area (Å²) in [6, 6.07) is 0.172. The zero-order valence-corrected chi connectivity index (χ0v) is 18.7. The van der Waals surface area contributed by atoms with E-state index in [9.17, 15) is 0 Å². The average Bonchev–Trinajstić information content (AvgIpc) is 3.15. The first-order chi connectivity index (χ1) is 11.9. The second kappa shape index (κ2) is 10.5. The maximum atomic E-state index is 4.83. The van der Waals surface area contributed by atoms with Gasteiger partial charge in [-0.15, -0.1) is 24.0 Å². The van der Waals surface area contributed by atoms with Gasteiger partial charge in [0.1, 0.15) is 12.2 Å². The van der Waals surface area contributed by atoms with Crippen molar-refractivity contribution in [3.63, 3.8) is 0 Å². The number of guanidine groups is 1. The lowest BCUT2D eigenvalue weighted by Crippen LogP contribution is -2.39. The third kappa shape index (κ3) is 5.94. The van der Waals surface area contributed by atoms with Crippen LogP contribution in [0.25, 0.3) is 0 Å². The largest absolute Gasteiger partial charge is 0.357 e. The summed E-state index contributed by atoms with van der Waals surface area (Å²) in [6.45, 7) is 4.16. The van der Waals surface area contributed by atoms with Gasteiger partial charge in [-0.3, -0.25) is 14.4 Å². The van der Waals surface area contributed by atoms with E-state index < -0.39 is 0 Å². The summed E-state index contributed by atoms with van der Waals surface area (Å²) in [5.41, 5.74) is 1.16. The molecular formula is C16H30IN9. The first kappa shape index (κ1) is 22.4. The molecule has 0 saturated heterocycles. The van der Waals surface area contributed by atoms with Gasteiger partial charge in [-0.2, -0.15) is 10.2 Å². The Morgan fingerprint density at radius 1 is 1.27 bits per heavy atom. The number of likely N-dealkylation sites (N-methyl/N-ethyl adjacent to an activating group) is 1. The van der Waals surface area contributed by atoms with Gasteiger partial charge in [0, 0.05) is 39.4 Å². The van der Waals surface area contributed by atoms with Crippen LogP contribution in [-0.4, -0.2) is 74.5 Å². The van der Waals surface area contributed by atoms with Crippen molar-refractivity contribution in [2.24, 2.45) is 19.1 Å². The lowest BCUT2D eigenvalue weighted by molar-refractivity contribution is 0.305. The molecule has 0 aliphatic heterocycles. The second-order valence-corrected chi connectivity index (χ2v) is 6.28. The molecule has 1 N–H and O–H groups in total. The van der Waals surface area contributed by atoms with Gasteiger partial charge in [0.05, 0.1) is 25.3 Å². The monoisotopic (exact) mass is 475 g/mol. The van der Waals surface area contributed by atoms with Gasteiger partial charge in [-0.1, -0.05) is 0 Å². The summed E-state index contributed by atoms with van der Waals surface area (Å²) >= 11 is 0. The van der Waals surface area contributed by atoms with Gasteiger partial charge in [0.15, 0.2) is 5.96 Å². The molecule has 1 unspecified atom stereocenters. The zero-order valence-electron chi connectivity index (χ0n) is 16.4. The van der Waals surface area contributed by atoms with E-state index in [4.69, 9.17) is 4.99 Å². The molecule has 0 spiro atoms. The van der Waals surface area contributed by atoms with E-state index in [-0.39, 0.29) is 30.0 Å². The number of aliphatic imine (C=N–C) groups is 1. The molecule has 2 aromatic heterocycles. The zero-order chi connectivity index (χ0) is 18.4. The van der Waals surface area contributed by atoms with E-state index in [1.54, 1.807) is 11.0 Å². The lowest BCUT2D eigenvalue weighted by atomic mass is 10.1. The number of rotatable bonds is 7. The summed E-state index contributed by atoms with van der Waals surface area (Å²) in [6.07, 6.45) is 5.50. The van der Waals surface area contributed by atoms with Gasteiger partial charge >= 0.3 is 0 Å². The molecule has 2 rings (SSSR count). The second-order valence-electron chi connectivity index (χ2n) is 6.28. The van der Waals surface area contributed by atoms with E-state index in [0.717, 1.165) is 23.9 Å². The van der Waals surface area contributed by atoms with Gasteiger partial charge in [-0.05, 0) is 21.0 Å². The molecule has 9 nitrogen and oxygen atoms in total. The molecule has 0 aliphatic rings. The molecule has 0 amide bonds. The first-order valence-corrected chi connectivity index (χ1v) is 8.39. The van der Waals surface area contributed by atoms with Crippen LogP contribution >= 0.6 is 24.0 Å². The molecule has 26 heavy (non-hydrogen) atoms. The maximum Gasteiger partial charge on any atom is 0.194 e. The molecular weight excluding hydrogens is 445 g/mol. The van der Waals surface area contributed by atoms with Gasteiger partial charge in [-0.25, -0.2) is 4.98 Å². The van der Waals surface area contributed by atoms with Crippen LogP contribution in [0.15, 0.2) is 23.7 Å². The van der Waals surface area contributed by atoms with Crippen molar-refractivity contribution >= 4 is 29.9 Å². The minimum absolute atomic E-state index is 0. The molecule has 1 atom stereocenters. The van der Waals surface area contributed by atoms with Gasteiger partial charge in [0.25, 0.3) is 0 Å². The molecule has 146 valence electrons. The molecule has 0 radical (unpaired) electrons. The van der Waals surface area contributed by atoms with Crippen LogP contribution < -0.4 is 5.32 Å². The van der Waals surface area contributed by atoms with Crippen molar-refractivity contribution in [3.8, 4) is 0 Å². The predicted molar refractivity (Wildman–Crippen MR) is 113 cm³/mol. The van der Waals surface area contributed by atoms with Crippen LogP contribution in [0.2, 0.25) is 0 Å². The minimum atomic E-state index is 0. The molecule has 0 aromatic carbocycles. The molecule has 2 heterocycles. The molecule has 10 heteroatoms. The summed E-state index contributed by atoms with van der Waals surface area (Å²) in [7, 11) is 9.95. The fourth-order valence-electron chi connectivity index (χ4n) is 2.57. The van der Waals surface area contributed by atoms with Crippen molar-refractivity contribution in [2.45, 2.75) is 19.5 Å². The third-order valence-corrected chi connectivity index (χ3v) is 4.03. The van der Waals surface area contributed by atoms with Crippen LogP contribution in [0.5, 0.6) is 0 Å². The normalized spacial score (nSPS) is 12.8. The van der Waals surface area contributed by atoms with E-state index in [1.165, 1.54) is 0 Å². The van der Waals surface area contributed by atoms with Crippen molar-refractivity contribution in [3.05, 3.63) is 30.1 Å². The number of hydrogen-bond donors (Lipinski definition) is 1. The number of nitrogens with zero attached hydrogens (tertiary/aromatic N) is 8. The average molecular weight is 475 g/mol. The number of hydrogen-bond acceptors (Lipinski definition) is 5. The number of halogens is 1. The van der Waals surface area contributed by atoms with E-state index in [0.29, 0.717) is 13.1 Å². The highest BCUT2D eigenvalue weighted by Crippen LogP contribution is 2.17. The smallest absolute Gasteiger partial charge is 0.194 e. The molecule has 0 bridgehead atoms. The van der Waals surface area contributed by atoms with Crippen molar-refractivity contribution < 1.29 is 0 Å². The Morgan fingerprint density at radius 3 is 2.50 bits per heavy atom. The Labute approximate surface area is 172 Å². The molecule has 0 fully saturated rings. The quantitative estimate of drug-likeness (QED) is 0.364. The van der Waals surface area contributed by atoms with Crippen molar-refractivity contribution in [2.75, 3.05) is 34.2 Å². The predicted octanol–water partition coefficient (Wildman–Crippen LogP) is 0.867. The highest BCUT2D eigenvalue weighted by molar-refractivity contribution is 14.0. The number of aromatic nitrogens is 5. The Morgan fingerprint density at radius 2 is 2.00 bits per heavy atom. The van der Waals surface area contributed by atoms with Crippen LogP contribution in [0.3, 0.4) is 0 Å². The topological polar surface area (TPSA) is 79.4 Å². The molecule has 0 saturated carbocycles. The summed E-state index contributed by atoms with van der Waals surface area (Å²) in [4.78, 5) is 13.3. The van der Waals surface area contributed by atoms with Gasteiger partial charge in [0.2, 0.25) is 0 Å². The number of nitrogens with one attached hydrogen (secondary N) is 1. The Balaban J connectivity index is 0.00000338. The van der Waals surface area contributed by atoms with Crippen molar-refractivity contribution in [1.82, 2.24) is 39.7 Å². The van der Waals surface area contributed by atoms with Crippen LogP contribution in [0.1, 0.15) is 24.4 Å². The Bertz CT molecular complexity index is 691. The fourth-order valence-corrected chi connectivity index (χ4v) is 2.57. The fraction of sp³-hybridized carbons (Fsp3) is 0.625. The maximum absolute atomic E-state index is 4.83. The third-order valence-electron chi connectivity index (χ3n) is 4.03. The minimum Gasteiger partial charge on any atom is -0.357 e. The highest BCUT2D eigenvalue weighted by atomic mass is 127. The highest BCUT2D eigenvalue weighted by Gasteiger charge is 2.17. The molecule has 0 aliphatic carbocycles. The van der Waals surface area contributed by atoms with Crippen LogP contribution in [0.4, 0.5) is 0 Å². The summed E-state index contributed by atoms with van der Waals surface area (Å²) in [5, 5.41) is 11.7. The van der Waals surface area contributed by atoms with E-state index in [1.807, 2.05) is 38.2 Å². The Kier molecular flexibility index (Phi) is 8.99. The molecule has 2 aromatic rings. The standard InChI is InChI=1S/C16H29N9.HI/c1-7-17-16(23(4)11-15-19-12-21-25(15)6)18-9-14(22(2)3)13-8-20-24(5)10-13;/h8,10,12,14H,7,9,11H2,1-6H3,(H,17,18);1H. The van der Waals surface area contributed by atoms with Gasteiger partial charge < -0.3 is 15.1 Å². The van der Waals surface area contributed by atoms with Crippen LogP contribution in [0, 0.1) is 0 Å². The number of aryl methyl sites for hydroxylation is 2. The SMILES string of the molecule is CCNC(=NCC(c1cnn(C)c1)N(C)C)N(C)Cc1ncnn1C.I. The first-order valence-electron chi connectivity index (χ1n) is 8.39. The Hall–Kier alpha value is -1.69. The lowest BCUT2D eigenvalue weighted by Gasteiger charge is -2.25. The van der Waals surface area contributed by atoms with Crippen molar-refractivity contribution in [1.29, 1.82) is 0 Å².